The van der Waals surface area contributed by atoms with Crippen molar-refractivity contribution in [1.82, 2.24) is 5.32 Å². The first-order valence-corrected chi connectivity index (χ1v) is 9.47. The van der Waals surface area contributed by atoms with Crippen molar-refractivity contribution in [1.29, 1.82) is 0 Å². The number of aliphatic carboxylic acids is 1. The molecule has 1 heterocycles. The largest absolute Gasteiger partial charge is 0.491 e. The van der Waals surface area contributed by atoms with Crippen molar-refractivity contribution in [3.05, 3.63) is 65.7 Å². The summed E-state index contributed by atoms with van der Waals surface area (Å²) < 4.78 is 11.2. The van der Waals surface area contributed by atoms with Crippen LogP contribution in [-0.2, 0) is 9.53 Å². The van der Waals surface area contributed by atoms with Gasteiger partial charge in [0.2, 0.25) is 0 Å². The van der Waals surface area contributed by atoms with E-state index in [0.717, 1.165) is 25.0 Å². The highest BCUT2D eigenvalue weighted by atomic mass is 16.5. The third-order valence-electron chi connectivity index (χ3n) is 4.91. The number of carboxylic acids is 1. The van der Waals surface area contributed by atoms with Gasteiger partial charge in [0.15, 0.2) is 0 Å². The first kappa shape index (κ1) is 19.9. The lowest BCUT2D eigenvalue weighted by Crippen LogP contribution is -2.35. The van der Waals surface area contributed by atoms with Crippen LogP contribution in [0.5, 0.6) is 5.75 Å². The topological polar surface area (TPSA) is 84.9 Å². The molecule has 1 aliphatic rings. The van der Waals surface area contributed by atoms with Crippen molar-refractivity contribution in [3.63, 3.8) is 0 Å². The molecule has 1 amide bonds. The molecule has 2 N–H and O–H groups in total. The summed E-state index contributed by atoms with van der Waals surface area (Å²) in [6.07, 6.45) is 2.19. The molecule has 3 rings (SSSR count). The molecule has 0 spiro atoms. The molecule has 0 aliphatic carbocycles. The fourth-order valence-corrected chi connectivity index (χ4v) is 3.19. The predicted molar refractivity (Wildman–Crippen MR) is 104 cm³/mol. The van der Waals surface area contributed by atoms with E-state index < -0.39 is 17.9 Å². The highest BCUT2D eigenvalue weighted by Gasteiger charge is 2.27. The maximum absolute atomic E-state index is 12.7. The Labute approximate surface area is 164 Å². The Morgan fingerprint density at radius 1 is 1.18 bits per heavy atom. The zero-order valence-corrected chi connectivity index (χ0v) is 15.8. The number of hydrogen-bond donors (Lipinski definition) is 2. The standard InChI is InChI=1S/C22H25NO5/c1-15(22(25)26)20(16-6-3-2-4-7-16)23-21(24)17-9-11-18(12-10-17)28-14-19-8-5-13-27-19/h2-4,6-7,9-12,15,19-20H,5,8,13-14H2,1H3,(H,23,24)(H,25,26). The van der Waals surface area contributed by atoms with Gasteiger partial charge in [0, 0.05) is 12.2 Å². The summed E-state index contributed by atoms with van der Waals surface area (Å²) in [4.78, 5) is 24.1. The van der Waals surface area contributed by atoms with Crippen LogP contribution < -0.4 is 10.1 Å². The van der Waals surface area contributed by atoms with E-state index in [1.54, 1.807) is 31.2 Å². The molecule has 0 saturated carbocycles. The number of ether oxygens (including phenoxy) is 2. The molecule has 28 heavy (non-hydrogen) atoms. The summed E-state index contributed by atoms with van der Waals surface area (Å²) in [5.41, 5.74) is 1.20. The number of carboxylic acid groups (broad SMARTS) is 1. The molecule has 2 aromatic rings. The van der Waals surface area contributed by atoms with Crippen molar-refractivity contribution < 1.29 is 24.2 Å². The molecule has 2 aromatic carbocycles. The van der Waals surface area contributed by atoms with Crippen molar-refractivity contribution >= 4 is 11.9 Å². The van der Waals surface area contributed by atoms with Gasteiger partial charge < -0.3 is 19.9 Å². The first-order valence-electron chi connectivity index (χ1n) is 9.47. The number of carbonyl (C=O) groups excluding carboxylic acids is 1. The van der Waals surface area contributed by atoms with E-state index in [4.69, 9.17) is 9.47 Å². The van der Waals surface area contributed by atoms with Crippen LogP contribution in [0.2, 0.25) is 0 Å². The molecular formula is C22H25NO5. The molecule has 0 bridgehead atoms. The average Bonchev–Trinajstić information content (AvgIpc) is 3.24. The van der Waals surface area contributed by atoms with E-state index in [9.17, 15) is 14.7 Å². The fourth-order valence-electron chi connectivity index (χ4n) is 3.19. The summed E-state index contributed by atoms with van der Waals surface area (Å²) in [6, 6.07) is 15.3. The molecule has 6 heteroatoms. The Bertz CT molecular complexity index is 784. The Kier molecular flexibility index (Phi) is 6.66. The summed E-state index contributed by atoms with van der Waals surface area (Å²) in [5.74, 6) is -1.38. The number of rotatable bonds is 8. The first-order chi connectivity index (χ1) is 13.5. The highest BCUT2D eigenvalue weighted by Crippen LogP contribution is 2.23. The highest BCUT2D eigenvalue weighted by molar-refractivity contribution is 5.94. The monoisotopic (exact) mass is 383 g/mol. The minimum Gasteiger partial charge on any atom is -0.491 e. The van der Waals surface area contributed by atoms with Crippen LogP contribution in [0.25, 0.3) is 0 Å². The second kappa shape index (κ2) is 9.37. The summed E-state index contributed by atoms with van der Waals surface area (Å²) in [5, 5.41) is 12.3. The molecule has 3 atom stereocenters. The van der Waals surface area contributed by atoms with Crippen LogP contribution >= 0.6 is 0 Å². The number of benzene rings is 2. The number of hydrogen-bond acceptors (Lipinski definition) is 4. The summed E-state index contributed by atoms with van der Waals surface area (Å²) in [6.45, 7) is 2.87. The molecule has 0 radical (unpaired) electrons. The van der Waals surface area contributed by atoms with Crippen molar-refractivity contribution in [2.24, 2.45) is 5.92 Å². The number of carbonyl (C=O) groups is 2. The van der Waals surface area contributed by atoms with E-state index in [1.165, 1.54) is 0 Å². The zero-order chi connectivity index (χ0) is 19.9. The maximum atomic E-state index is 12.7. The van der Waals surface area contributed by atoms with Crippen LogP contribution in [0.15, 0.2) is 54.6 Å². The van der Waals surface area contributed by atoms with E-state index in [1.807, 2.05) is 30.3 Å². The van der Waals surface area contributed by atoms with E-state index >= 15 is 0 Å². The van der Waals surface area contributed by atoms with E-state index in [-0.39, 0.29) is 12.0 Å². The van der Waals surface area contributed by atoms with Crippen molar-refractivity contribution in [2.45, 2.75) is 31.9 Å². The second-order valence-electron chi connectivity index (χ2n) is 6.96. The minimum absolute atomic E-state index is 0.132. The van der Waals surface area contributed by atoms with Gasteiger partial charge in [0.05, 0.1) is 18.1 Å². The van der Waals surface area contributed by atoms with E-state index in [2.05, 4.69) is 5.32 Å². The van der Waals surface area contributed by atoms with Crippen LogP contribution in [-0.4, -0.2) is 36.3 Å². The molecule has 6 nitrogen and oxygen atoms in total. The van der Waals surface area contributed by atoms with Gasteiger partial charge in [0.25, 0.3) is 5.91 Å². The zero-order valence-electron chi connectivity index (χ0n) is 15.8. The van der Waals surface area contributed by atoms with Crippen molar-refractivity contribution in [2.75, 3.05) is 13.2 Å². The lowest BCUT2D eigenvalue weighted by molar-refractivity contribution is -0.142. The van der Waals surface area contributed by atoms with Gasteiger partial charge in [-0.05, 0) is 49.6 Å². The maximum Gasteiger partial charge on any atom is 0.308 e. The molecule has 1 fully saturated rings. The molecule has 1 aliphatic heterocycles. The third kappa shape index (κ3) is 5.10. The Morgan fingerprint density at radius 3 is 2.50 bits per heavy atom. The Balaban J connectivity index is 1.65. The smallest absolute Gasteiger partial charge is 0.308 e. The van der Waals surface area contributed by atoms with Crippen molar-refractivity contribution in [3.8, 4) is 5.75 Å². The van der Waals surface area contributed by atoms with Crippen LogP contribution in [0.4, 0.5) is 0 Å². The molecular weight excluding hydrogens is 358 g/mol. The van der Waals surface area contributed by atoms with Gasteiger partial charge in [-0.25, -0.2) is 0 Å². The average molecular weight is 383 g/mol. The normalized spacial score (nSPS) is 18.2. The Morgan fingerprint density at radius 2 is 1.89 bits per heavy atom. The number of nitrogens with one attached hydrogen (secondary N) is 1. The van der Waals surface area contributed by atoms with Gasteiger partial charge in [-0.2, -0.15) is 0 Å². The van der Waals surface area contributed by atoms with Gasteiger partial charge in [-0.1, -0.05) is 30.3 Å². The van der Waals surface area contributed by atoms with Gasteiger partial charge in [0.1, 0.15) is 12.4 Å². The predicted octanol–water partition coefficient (Wildman–Crippen LogP) is 3.44. The minimum atomic E-state index is -0.966. The quantitative estimate of drug-likeness (QED) is 0.729. The van der Waals surface area contributed by atoms with E-state index in [0.29, 0.717) is 17.9 Å². The second-order valence-corrected chi connectivity index (χ2v) is 6.96. The molecule has 3 unspecified atom stereocenters. The van der Waals surface area contributed by atoms with Crippen LogP contribution in [0, 0.1) is 5.92 Å². The summed E-state index contributed by atoms with van der Waals surface area (Å²) >= 11 is 0. The lowest BCUT2D eigenvalue weighted by atomic mass is 9.94. The number of amides is 1. The van der Waals surface area contributed by atoms with Crippen LogP contribution in [0.1, 0.15) is 41.7 Å². The lowest BCUT2D eigenvalue weighted by Gasteiger charge is -2.23. The molecule has 0 aromatic heterocycles. The van der Waals surface area contributed by atoms with Gasteiger partial charge in [-0.3, -0.25) is 9.59 Å². The molecule has 148 valence electrons. The Hall–Kier alpha value is -2.86. The molecule has 1 saturated heterocycles. The fraction of sp³-hybridized carbons (Fsp3) is 0.364. The SMILES string of the molecule is CC(C(=O)O)C(NC(=O)c1ccc(OCC2CCCO2)cc1)c1ccccc1. The van der Waals surface area contributed by atoms with Gasteiger partial charge in [-0.15, -0.1) is 0 Å². The summed E-state index contributed by atoms with van der Waals surface area (Å²) in [7, 11) is 0. The van der Waals surface area contributed by atoms with Crippen LogP contribution in [0.3, 0.4) is 0 Å². The van der Waals surface area contributed by atoms with Gasteiger partial charge >= 0.3 is 5.97 Å². The third-order valence-corrected chi connectivity index (χ3v) is 4.91.